The van der Waals surface area contributed by atoms with Crippen LogP contribution < -0.4 is 0 Å². The van der Waals surface area contributed by atoms with E-state index in [0.29, 0.717) is 6.04 Å². The van der Waals surface area contributed by atoms with Crippen molar-refractivity contribution in [3.8, 4) is 0 Å². The average Bonchev–Trinajstić information content (AvgIpc) is 3.20. The molecule has 0 radical (unpaired) electrons. The van der Waals surface area contributed by atoms with Crippen LogP contribution in [-0.4, -0.2) is 50.6 Å². The topological polar surface area (TPSA) is 71.2 Å². The predicted octanol–water partition coefficient (Wildman–Crippen LogP) is 3.12. The van der Waals surface area contributed by atoms with Crippen molar-refractivity contribution in [2.75, 3.05) is 14.1 Å². The molecule has 2 aromatic heterocycles. The molecule has 6 nitrogen and oxygen atoms in total. The highest BCUT2D eigenvalue weighted by Crippen LogP contribution is 2.31. The molecule has 0 spiro atoms. The van der Waals surface area contributed by atoms with E-state index in [9.17, 15) is 4.79 Å². The summed E-state index contributed by atoms with van der Waals surface area (Å²) in [7, 11) is 4.15. The first-order valence-electron chi connectivity index (χ1n) is 7.79. The van der Waals surface area contributed by atoms with Crippen LogP contribution in [0.2, 0.25) is 0 Å². The van der Waals surface area contributed by atoms with Crippen molar-refractivity contribution < 1.29 is 9.90 Å². The zero-order chi connectivity index (χ0) is 17.3. The zero-order valence-electron chi connectivity index (χ0n) is 13.9. The Balaban J connectivity index is 2.10. The van der Waals surface area contributed by atoms with E-state index in [0.717, 1.165) is 22.2 Å². The van der Waals surface area contributed by atoms with Crippen molar-refractivity contribution in [2.24, 2.45) is 0 Å². The number of carboxylic acid groups (broad SMARTS) is 1. The lowest BCUT2D eigenvalue weighted by molar-refractivity contribution is 0.0696. The number of nitrogens with zero attached hydrogens (tertiary/aromatic N) is 4. The second-order valence-electron chi connectivity index (χ2n) is 5.95. The number of imidazole rings is 1. The Morgan fingerprint density at radius 3 is 2.79 bits per heavy atom. The van der Waals surface area contributed by atoms with E-state index >= 15 is 0 Å². The first-order chi connectivity index (χ1) is 11.5. The Morgan fingerprint density at radius 1 is 1.42 bits per heavy atom. The predicted molar refractivity (Wildman–Crippen MR) is 94.7 cm³/mol. The van der Waals surface area contributed by atoms with Gasteiger partial charge >= 0.3 is 5.97 Å². The van der Waals surface area contributed by atoms with Crippen LogP contribution in [0.1, 0.15) is 34.8 Å². The summed E-state index contributed by atoms with van der Waals surface area (Å²) in [6.07, 6.45) is 6.56. The molecular weight excluding hydrogens is 324 g/mol. The van der Waals surface area contributed by atoms with E-state index < -0.39 is 5.97 Å². The lowest BCUT2D eigenvalue weighted by Crippen LogP contribution is -2.36. The fraction of sp³-hybridized carbons (Fsp3) is 0.353. The normalized spacial score (nSPS) is 14.2. The molecule has 126 valence electrons. The molecule has 3 aromatic rings. The number of carbonyl (C=O) groups is 1. The number of likely N-dealkylation sites (N-methyl/N-ethyl adjacent to an activating group) is 1. The van der Waals surface area contributed by atoms with E-state index in [4.69, 9.17) is 5.11 Å². The van der Waals surface area contributed by atoms with Crippen LogP contribution in [-0.2, 0) is 0 Å². The number of benzene rings is 1. The number of rotatable bonds is 6. The van der Waals surface area contributed by atoms with Crippen LogP contribution in [0.4, 0.5) is 0 Å². The number of carboxylic acids is 1. The minimum absolute atomic E-state index is 0.104. The smallest absolute Gasteiger partial charge is 0.365 e. The van der Waals surface area contributed by atoms with Gasteiger partial charge in [0.15, 0.2) is 0 Å². The largest absolute Gasteiger partial charge is 0.476 e. The number of thiazole rings is 1. The van der Waals surface area contributed by atoms with Gasteiger partial charge in [-0.3, -0.25) is 0 Å². The maximum absolute atomic E-state index is 11.1. The van der Waals surface area contributed by atoms with Crippen LogP contribution in [0.3, 0.4) is 0 Å². The summed E-state index contributed by atoms with van der Waals surface area (Å²) < 4.78 is 3.00. The van der Waals surface area contributed by atoms with Crippen LogP contribution in [0.5, 0.6) is 0 Å². The maximum Gasteiger partial charge on any atom is 0.365 e. The van der Waals surface area contributed by atoms with Crippen molar-refractivity contribution in [1.82, 2.24) is 19.4 Å². The Labute approximate surface area is 144 Å². The third-order valence-corrected chi connectivity index (χ3v) is 5.24. The molecule has 1 N–H and O–H groups in total. The fourth-order valence-corrected chi connectivity index (χ4v) is 3.97. The molecule has 0 amide bonds. The van der Waals surface area contributed by atoms with Crippen molar-refractivity contribution in [1.29, 1.82) is 0 Å². The second-order valence-corrected chi connectivity index (χ2v) is 6.98. The summed E-state index contributed by atoms with van der Waals surface area (Å²) in [6.45, 7) is 2.17. The Bertz CT molecular complexity index is 842. The van der Waals surface area contributed by atoms with Crippen molar-refractivity contribution >= 4 is 27.5 Å². The molecule has 0 aliphatic heterocycles. The monoisotopic (exact) mass is 344 g/mol. The summed E-state index contributed by atoms with van der Waals surface area (Å²) in [6, 6.07) is 6.39. The number of hydrogen-bond acceptors (Lipinski definition) is 5. The second kappa shape index (κ2) is 6.70. The summed E-state index contributed by atoms with van der Waals surface area (Å²) in [5.41, 5.74) is 1.85. The van der Waals surface area contributed by atoms with Crippen molar-refractivity contribution in [2.45, 2.75) is 25.4 Å². The fourth-order valence-electron chi connectivity index (χ4n) is 3.11. The van der Waals surface area contributed by atoms with Gasteiger partial charge in [-0.05, 0) is 38.2 Å². The van der Waals surface area contributed by atoms with Crippen LogP contribution >= 0.6 is 11.3 Å². The molecule has 7 heteroatoms. The standard InChI is InChI=1S/C17H20N4O2S/c1-4-13(20(2)3)15(21-8-7-18-10-21)11-5-6-12-14(9-11)24-16(19-12)17(22)23/h5-10,13,15H,4H2,1-3H3,(H,22,23). The number of fused-ring (bicyclic) bond motifs is 1. The van der Waals surface area contributed by atoms with E-state index in [-0.39, 0.29) is 11.0 Å². The lowest BCUT2D eigenvalue weighted by Gasteiger charge is -2.33. The van der Waals surface area contributed by atoms with Gasteiger partial charge in [0, 0.05) is 18.4 Å². The van der Waals surface area contributed by atoms with Gasteiger partial charge in [0.2, 0.25) is 5.01 Å². The van der Waals surface area contributed by atoms with Crippen molar-refractivity contribution in [3.05, 3.63) is 47.5 Å². The summed E-state index contributed by atoms with van der Waals surface area (Å²) in [5.74, 6) is -0.983. The molecule has 2 heterocycles. The highest BCUT2D eigenvalue weighted by molar-refractivity contribution is 7.20. The molecule has 0 saturated heterocycles. The Morgan fingerprint density at radius 2 is 2.21 bits per heavy atom. The minimum Gasteiger partial charge on any atom is -0.476 e. The highest BCUT2D eigenvalue weighted by Gasteiger charge is 2.25. The van der Waals surface area contributed by atoms with Gasteiger partial charge < -0.3 is 14.6 Å². The summed E-state index contributed by atoms with van der Waals surface area (Å²) in [5, 5.41) is 9.27. The first kappa shape index (κ1) is 16.6. The average molecular weight is 344 g/mol. The quantitative estimate of drug-likeness (QED) is 0.744. The van der Waals surface area contributed by atoms with Crippen LogP contribution in [0.25, 0.3) is 10.2 Å². The molecular formula is C17H20N4O2S. The molecule has 0 fully saturated rings. The van der Waals surface area contributed by atoms with Crippen molar-refractivity contribution in [3.63, 3.8) is 0 Å². The molecule has 24 heavy (non-hydrogen) atoms. The zero-order valence-corrected chi connectivity index (χ0v) is 14.7. The van der Waals surface area contributed by atoms with Crippen LogP contribution in [0.15, 0.2) is 36.9 Å². The highest BCUT2D eigenvalue weighted by atomic mass is 32.1. The third-order valence-electron chi connectivity index (χ3n) is 4.23. The molecule has 0 aliphatic carbocycles. The molecule has 0 aliphatic rings. The third kappa shape index (κ3) is 3.05. The van der Waals surface area contributed by atoms with Gasteiger partial charge in [0.05, 0.1) is 22.6 Å². The summed E-state index contributed by atoms with van der Waals surface area (Å²) in [4.78, 5) is 21.7. The van der Waals surface area contributed by atoms with Gasteiger partial charge in [-0.1, -0.05) is 13.0 Å². The molecule has 3 rings (SSSR count). The number of aromatic carboxylic acids is 1. The van der Waals surface area contributed by atoms with Gasteiger partial charge in [0.1, 0.15) is 0 Å². The molecule has 2 atom stereocenters. The summed E-state index contributed by atoms with van der Waals surface area (Å²) >= 11 is 1.21. The molecule has 0 bridgehead atoms. The van der Waals surface area contributed by atoms with Crippen LogP contribution in [0, 0.1) is 0 Å². The Kier molecular flexibility index (Phi) is 4.64. The lowest BCUT2D eigenvalue weighted by atomic mass is 9.96. The SMILES string of the molecule is CCC(C(c1ccc2nc(C(=O)O)sc2c1)n1ccnc1)N(C)C. The van der Waals surface area contributed by atoms with E-state index in [2.05, 4.69) is 46.5 Å². The maximum atomic E-state index is 11.1. The van der Waals surface area contributed by atoms with Gasteiger partial charge in [-0.2, -0.15) is 0 Å². The van der Waals surface area contributed by atoms with E-state index in [1.165, 1.54) is 11.3 Å². The van der Waals surface area contributed by atoms with Gasteiger partial charge in [-0.25, -0.2) is 14.8 Å². The minimum atomic E-state index is -0.983. The van der Waals surface area contributed by atoms with Gasteiger partial charge in [0.25, 0.3) is 0 Å². The molecule has 0 saturated carbocycles. The van der Waals surface area contributed by atoms with E-state index in [1.54, 1.807) is 6.20 Å². The van der Waals surface area contributed by atoms with E-state index in [1.807, 2.05) is 24.7 Å². The first-order valence-corrected chi connectivity index (χ1v) is 8.60. The number of aromatic nitrogens is 3. The number of hydrogen-bond donors (Lipinski definition) is 1. The van der Waals surface area contributed by atoms with Gasteiger partial charge in [-0.15, -0.1) is 11.3 Å². The molecule has 1 aromatic carbocycles. The molecule has 2 unspecified atom stereocenters. The Hall–Kier alpha value is -2.25.